The van der Waals surface area contributed by atoms with Gasteiger partial charge in [-0.2, -0.15) is 0 Å². The molecule has 0 amide bonds. The van der Waals surface area contributed by atoms with E-state index in [4.69, 9.17) is 0 Å². The summed E-state index contributed by atoms with van der Waals surface area (Å²) in [7, 11) is 1.86. The highest BCUT2D eigenvalue weighted by atomic mass is 127. The van der Waals surface area contributed by atoms with E-state index < -0.39 is 0 Å². The highest BCUT2D eigenvalue weighted by Gasteiger charge is 2.30. The van der Waals surface area contributed by atoms with Crippen molar-refractivity contribution in [2.45, 2.75) is 26.8 Å². The number of thiophene rings is 1. The summed E-state index contributed by atoms with van der Waals surface area (Å²) in [5.41, 5.74) is 0.417. The van der Waals surface area contributed by atoms with Gasteiger partial charge in [0.2, 0.25) is 0 Å². The second-order valence-corrected chi connectivity index (χ2v) is 6.35. The molecule has 5 heteroatoms. The summed E-state index contributed by atoms with van der Waals surface area (Å²) in [5, 5.41) is 5.55. The summed E-state index contributed by atoms with van der Waals surface area (Å²) in [6.07, 6.45) is 1.24. The Morgan fingerprint density at radius 3 is 2.83 bits per heavy atom. The molecule has 0 bridgehead atoms. The SMILES string of the molecule is CN=C(NCc1cccs1)N1CCC(C)(C)C1.I. The van der Waals surface area contributed by atoms with Gasteiger partial charge in [-0.3, -0.25) is 4.99 Å². The molecule has 0 radical (unpaired) electrons. The average Bonchev–Trinajstić information content (AvgIpc) is 2.89. The number of halogens is 1. The van der Waals surface area contributed by atoms with Crippen molar-refractivity contribution in [3.05, 3.63) is 22.4 Å². The van der Waals surface area contributed by atoms with Crippen LogP contribution in [0.15, 0.2) is 22.5 Å². The van der Waals surface area contributed by atoms with Crippen molar-refractivity contribution in [3.63, 3.8) is 0 Å². The Kier molecular flexibility index (Phi) is 5.91. The van der Waals surface area contributed by atoms with E-state index >= 15 is 0 Å². The molecule has 0 unspecified atom stereocenters. The maximum absolute atomic E-state index is 4.37. The molecule has 0 aliphatic carbocycles. The Balaban J connectivity index is 0.00000162. The second kappa shape index (κ2) is 6.75. The van der Waals surface area contributed by atoms with E-state index in [1.54, 1.807) is 11.3 Å². The highest BCUT2D eigenvalue weighted by Crippen LogP contribution is 2.28. The number of hydrogen-bond donors (Lipinski definition) is 1. The number of nitrogens with one attached hydrogen (secondary N) is 1. The first-order chi connectivity index (χ1) is 8.11. The van der Waals surface area contributed by atoms with Crippen LogP contribution in [0.4, 0.5) is 0 Å². The quantitative estimate of drug-likeness (QED) is 0.486. The zero-order chi connectivity index (χ0) is 12.3. The Morgan fingerprint density at radius 1 is 1.56 bits per heavy atom. The molecule has 1 fully saturated rings. The Labute approximate surface area is 131 Å². The molecule has 0 spiro atoms. The molecule has 2 heterocycles. The summed E-state index contributed by atoms with van der Waals surface area (Å²) in [6.45, 7) is 7.72. The van der Waals surface area contributed by atoms with E-state index in [2.05, 4.69) is 46.6 Å². The molecule has 1 aliphatic rings. The van der Waals surface area contributed by atoms with Gasteiger partial charge in [-0.25, -0.2) is 0 Å². The van der Waals surface area contributed by atoms with Crippen LogP contribution in [0.2, 0.25) is 0 Å². The summed E-state index contributed by atoms with van der Waals surface area (Å²) in [4.78, 5) is 8.08. The first-order valence-electron chi connectivity index (χ1n) is 6.09. The van der Waals surface area contributed by atoms with E-state index in [1.807, 2.05) is 7.05 Å². The van der Waals surface area contributed by atoms with Gasteiger partial charge in [0.1, 0.15) is 0 Å². The molecule has 0 aromatic carbocycles. The monoisotopic (exact) mass is 379 g/mol. The van der Waals surface area contributed by atoms with Crippen molar-refractivity contribution in [2.24, 2.45) is 10.4 Å². The molecule has 2 rings (SSSR count). The van der Waals surface area contributed by atoms with Gasteiger partial charge in [0, 0.05) is 25.0 Å². The first kappa shape index (κ1) is 15.8. The van der Waals surface area contributed by atoms with Gasteiger partial charge in [0.15, 0.2) is 5.96 Å². The molecule has 1 aromatic rings. The lowest BCUT2D eigenvalue weighted by Gasteiger charge is -2.23. The van der Waals surface area contributed by atoms with Crippen LogP contribution < -0.4 is 5.32 Å². The van der Waals surface area contributed by atoms with E-state index in [0.717, 1.165) is 25.6 Å². The minimum Gasteiger partial charge on any atom is -0.351 e. The summed E-state index contributed by atoms with van der Waals surface area (Å²) < 4.78 is 0. The van der Waals surface area contributed by atoms with Crippen LogP contribution in [0.1, 0.15) is 25.1 Å². The highest BCUT2D eigenvalue weighted by molar-refractivity contribution is 14.0. The molecule has 3 nitrogen and oxygen atoms in total. The van der Waals surface area contributed by atoms with Crippen molar-refractivity contribution >= 4 is 41.3 Å². The minimum atomic E-state index is 0. The number of nitrogens with zero attached hydrogens (tertiary/aromatic N) is 2. The fourth-order valence-electron chi connectivity index (χ4n) is 2.20. The fraction of sp³-hybridized carbons (Fsp3) is 0.615. The summed E-state index contributed by atoms with van der Waals surface area (Å²) >= 11 is 1.78. The standard InChI is InChI=1S/C13H21N3S.HI/c1-13(2)6-7-16(10-13)12(14-3)15-9-11-5-4-8-17-11;/h4-5,8H,6-7,9-10H2,1-3H3,(H,14,15);1H. The van der Waals surface area contributed by atoms with Crippen molar-refractivity contribution in [2.75, 3.05) is 20.1 Å². The zero-order valence-electron chi connectivity index (χ0n) is 11.3. The van der Waals surface area contributed by atoms with Crippen molar-refractivity contribution < 1.29 is 0 Å². The molecule has 1 aliphatic heterocycles. The van der Waals surface area contributed by atoms with E-state index in [0.29, 0.717) is 5.41 Å². The van der Waals surface area contributed by atoms with Crippen LogP contribution in [0.5, 0.6) is 0 Å². The molecule has 1 saturated heterocycles. The van der Waals surface area contributed by atoms with Crippen molar-refractivity contribution in [1.82, 2.24) is 10.2 Å². The third-order valence-corrected chi connectivity index (χ3v) is 4.07. The topological polar surface area (TPSA) is 27.6 Å². The largest absolute Gasteiger partial charge is 0.351 e. The molecule has 1 N–H and O–H groups in total. The first-order valence-corrected chi connectivity index (χ1v) is 6.97. The van der Waals surface area contributed by atoms with E-state index in [9.17, 15) is 0 Å². The van der Waals surface area contributed by atoms with E-state index in [-0.39, 0.29) is 24.0 Å². The molecular formula is C13H22IN3S. The fourth-order valence-corrected chi connectivity index (χ4v) is 2.85. The maximum atomic E-state index is 4.37. The van der Waals surface area contributed by atoms with Crippen LogP contribution in [0.25, 0.3) is 0 Å². The number of likely N-dealkylation sites (tertiary alicyclic amines) is 1. The Bertz CT molecular complexity index is 387. The van der Waals surface area contributed by atoms with E-state index in [1.165, 1.54) is 11.3 Å². The summed E-state index contributed by atoms with van der Waals surface area (Å²) in [6, 6.07) is 4.24. The molecule has 1 aromatic heterocycles. The lowest BCUT2D eigenvalue weighted by atomic mass is 9.93. The number of guanidine groups is 1. The predicted molar refractivity (Wildman–Crippen MR) is 89.9 cm³/mol. The maximum Gasteiger partial charge on any atom is 0.193 e. The van der Waals surface area contributed by atoms with Gasteiger partial charge in [-0.15, -0.1) is 35.3 Å². The third-order valence-electron chi connectivity index (χ3n) is 3.19. The molecule has 102 valence electrons. The van der Waals surface area contributed by atoms with Gasteiger partial charge in [0.05, 0.1) is 6.54 Å². The van der Waals surface area contributed by atoms with Crippen LogP contribution in [-0.2, 0) is 6.54 Å². The van der Waals surface area contributed by atoms with Gasteiger partial charge in [-0.05, 0) is 23.3 Å². The van der Waals surface area contributed by atoms with Crippen LogP contribution in [0, 0.1) is 5.41 Å². The predicted octanol–water partition coefficient (Wildman–Crippen LogP) is 3.17. The molecular weight excluding hydrogens is 357 g/mol. The summed E-state index contributed by atoms with van der Waals surface area (Å²) in [5.74, 6) is 1.03. The van der Waals surface area contributed by atoms with Crippen LogP contribution >= 0.6 is 35.3 Å². The molecule has 18 heavy (non-hydrogen) atoms. The molecule has 0 saturated carbocycles. The number of rotatable bonds is 2. The smallest absolute Gasteiger partial charge is 0.193 e. The van der Waals surface area contributed by atoms with Crippen LogP contribution in [0.3, 0.4) is 0 Å². The van der Waals surface area contributed by atoms with Gasteiger partial charge < -0.3 is 10.2 Å². The Hall–Kier alpha value is -0.300. The van der Waals surface area contributed by atoms with Crippen molar-refractivity contribution in [1.29, 1.82) is 0 Å². The number of hydrogen-bond acceptors (Lipinski definition) is 2. The van der Waals surface area contributed by atoms with Gasteiger partial charge in [-0.1, -0.05) is 19.9 Å². The third kappa shape index (κ3) is 4.12. The van der Waals surface area contributed by atoms with Crippen LogP contribution in [-0.4, -0.2) is 31.0 Å². The number of aliphatic imine (C=N–C) groups is 1. The second-order valence-electron chi connectivity index (χ2n) is 5.32. The lowest BCUT2D eigenvalue weighted by Crippen LogP contribution is -2.40. The normalized spacial score (nSPS) is 18.6. The lowest BCUT2D eigenvalue weighted by molar-refractivity contribution is 0.370. The minimum absolute atomic E-state index is 0. The Morgan fingerprint density at radius 2 is 2.33 bits per heavy atom. The average molecular weight is 379 g/mol. The zero-order valence-corrected chi connectivity index (χ0v) is 14.4. The van der Waals surface area contributed by atoms with Gasteiger partial charge >= 0.3 is 0 Å². The van der Waals surface area contributed by atoms with Crippen molar-refractivity contribution in [3.8, 4) is 0 Å². The van der Waals surface area contributed by atoms with Gasteiger partial charge in [0.25, 0.3) is 0 Å². The molecule has 0 atom stereocenters.